The molecule has 0 fully saturated rings. The molecular formula is C26H26N4O. The van der Waals surface area contributed by atoms with Crippen molar-refractivity contribution in [3.8, 4) is 22.3 Å². The Morgan fingerprint density at radius 1 is 1.03 bits per heavy atom. The number of fused-ring (bicyclic) bond motifs is 2. The van der Waals surface area contributed by atoms with Gasteiger partial charge in [0, 0.05) is 47.6 Å². The van der Waals surface area contributed by atoms with Gasteiger partial charge in [0.1, 0.15) is 5.65 Å². The predicted molar refractivity (Wildman–Crippen MR) is 125 cm³/mol. The van der Waals surface area contributed by atoms with Crippen LogP contribution in [0.1, 0.15) is 32.6 Å². The number of amides is 1. The molecule has 5 heteroatoms. The third-order valence-corrected chi connectivity index (χ3v) is 6.62. The number of pyridine rings is 1. The molecule has 31 heavy (non-hydrogen) atoms. The summed E-state index contributed by atoms with van der Waals surface area (Å²) in [5.41, 5.74) is 16.2. The molecule has 3 heterocycles. The van der Waals surface area contributed by atoms with E-state index in [1.54, 1.807) is 0 Å². The number of carbonyl (C=O) groups is 1. The molecule has 3 N–H and O–H groups in total. The molecule has 5 nitrogen and oxygen atoms in total. The van der Waals surface area contributed by atoms with Crippen LogP contribution in [0.4, 0.5) is 0 Å². The number of primary amides is 1. The lowest BCUT2D eigenvalue weighted by Gasteiger charge is -2.25. The smallest absolute Gasteiger partial charge is 0.248 e. The van der Waals surface area contributed by atoms with Crippen LogP contribution in [-0.4, -0.2) is 34.4 Å². The molecule has 1 aliphatic rings. The topological polar surface area (TPSA) is 75.0 Å². The first-order valence-corrected chi connectivity index (χ1v) is 10.6. The van der Waals surface area contributed by atoms with Crippen molar-refractivity contribution < 1.29 is 4.79 Å². The number of likely N-dealkylation sites (N-methyl/N-ethyl adjacent to an activating group) is 1. The van der Waals surface area contributed by atoms with Crippen LogP contribution in [0.15, 0.2) is 48.8 Å². The molecule has 0 bridgehead atoms. The van der Waals surface area contributed by atoms with Gasteiger partial charge < -0.3 is 15.6 Å². The number of aromatic nitrogens is 2. The summed E-state index contributed by atoms with van der Waals surface area (Å²) in [4.78, 5) is 22.1. The Balaban J connectivity index is 1.61. The summed E-state index contributed by atoms with van der Waals surface area (Å²) < 4.78 is 0. The molecule has 0 spiro atoms. The molecule has 0 aliphatic carbocycles. The molecule has 156 valence electrons. The highest BCUT2D eigenvalue weighted by atomic mass is 16.1. The standard InChI is InChI=1S/C26H26N4O/c1-15-16(2)22(25(27)31)7-6-21(15)24-13-29-26-23(24)11-19(12-28-26)18-5-4-17-8-9-30(3)14-20(17)10-18/h4-7,10-13H,8-9,14H2,1-3H3,(H2,27,31)(H,28,29). The van der Waals surface area contributed by atoms with Crippen molar-refractivity contribution in [2.75, 3.05) is 13.6 Å². The Hall–Kier alpha value is -3.44. The normalized spacial score (nSPS) is 14.0. The maximum absolute atomic E-state index is 11.7. The first kappa shape index (κ1) is 19.5. The number of H-pyrrole nitrogens is 1. The third kappa shape index (κ3) is 3.31. The number of carbonyl (C=O) groups excluding carboxylic acids is 1. The van der Waals surface area contributed by atoms with Crippen LogP contribution in [0.2, 0.25) is 0 Å². The molecule has 1 amide bonds. The summed E-state index contributed by atoms with van der Waals surface area (Å²) in [5, 5.41) is 1.07. The summed E-state index contributed by atoms with van der Waals surface area (Å²) in [6.07, 6.45) is 5.03. The number of hydrogen-bond acceptors (Lipinski definition) is 3. The van der Waals surface area contributed by atoms with Crippen LogP contribution in [0, 0.1) is 13.8 Å². The maximum atomic E-state index is 11.7. The Labute approximate surface area is 181 Å². The maximum Gasteiger partial charge on any atom is 0.248 e. The molecule has 2 aromatic carbocycles. The van der Waals surface area contributed by atoms with Crippen molar-refractivity contribution in [1.82, 2.24) is 14.9 Å². The van der Waals surface area contributed by atoms with Gasteiger partial charge in [0.15, 0.2) is 0 Å². The van der Waals surface area contributed by atoms with Crippen molar-refractivity contribution >= 4 is 16.9 Å². The highest BCUT2D eigenvalue weighted by Gasteiger charge is 2.17. The molecule has 0 radical (unpaired) electrons. The van der Waals surface area contributed by atoms with Crippen molar-refractivity contribution in [2.45, 2.75) is 26.8 Å². The Morgan fingerprint density at radius 2 is 1.87 bits per heavy atom. The van der Waals surface area contributed by atoms with Gasteiger partial charge in [-0.05, 0) is 78.9 Å². The van der Waals surface area contributed by atoms with Gasteiger partial charge in [-0.2, -0.15) is 0 Å². The van der Waals surface area contributed by atoms with E-state index in [2.05, 4.69) is 46.2 Å². The summed E-state index contributed by atoms with van der Waals surface area (Å²) in [6, 6.07) is 12.8. The van der Waals surface area contributed by atoms with Crippen LogP contribution < -0.4 is 5.73 Å². The lowest BCUT2D eigenvalue weighted by Crippen LogP contribution is -2.26. The zero-order chi connectivity index (χ0) is 21.7. The molecule has 0 saturated heterocycles. The number of nitrogens with zero attached hydrogens (tertiary/aromatic N) is 2. The van der Waals surface area contributed by atoms with Gasteiger partial charge in [0.25, 0.3) is 0 Å². The second kappa shape index (κ2) is 7.36. The Kier molecular flexibility index (Phi) is 4.63. The molecule has 0 saturated carbocycles. The molecule has 1 aliphatic heterocycles. The molecule has 2 aromatic heterocycles. The fourth-order valence-corrected chi connectivity index (χ4v) is 4.64. The van der Waals surface area contributed by atoms with E-state index < -0.39 is 5.91 Å². The first-order chi connectivity index (χ1) is 14.9. The number of nitrogens with one attached hydrogen (secondary N) is 1. The number of hydrogen-bond donors (Lipinski definition) is 2. The molecule has 4 aromatic rings. The summed E-state index contributed by atoms with van der Waals surface area (Å²) in [5.74, 6) is -0.395. The first-order valence-electron chi connectivity index (χ1n) is 10.6. The summed E-state index contributed by atoms with van der Waals surface area (Å²) in [7, 11) is 2.17. The van der Waals surface area contributed by atoms with Crippen molar-refractivity contribution in [2.24, 2.45) is 5.73 Å². The van der Waals surface area contributed by atoms with Crippen LogP contribution in [-0.2, 0) is 13.0 Å². The Bertz CT molecular complexity index is 1330. The van der Waals surface area contributed by atoms with Gasteiger partial charge in [0.2, 0.25) is 5.91 Å². The van der Waals surface area contributed by atoms with Crippen LogP contribution in [0.5, 0.6) is 0 Å². The van der Waals surface area contributed by atoms with Gasteiger partial charge in [-0.1, -0.05) is 18.2 Å². The highest BCUT2D eigenvalue weighted by molar-refractivity contribution is 5.99. The van der Waals surface area contributed by atoms with Gasteiger partial charge >= 0.3 is 0 Å². The van der Waals surface area contributed by atoms with E-state index >= 15 is 0 Å². The average Bonchev–Trinajstić information content (AvgIpc) is 3.18. The number of rotatable bonds is 3. The van der Waals surface area contributed by atoms with Gasteiger partial charge in [-0.15, -0.1) is 0 Å². The zero-order valence-corrected chi connectivity index (χ0v) is 18.1. The molecule has 5 rings (SSSR count). The van der Waals surface area contributed by atoms with E-state index in [1.807, 2.05) is 38.4 Å². The number of nitrogens with two attached hydrogens (primary N) is 1. The fourth-order valence-electron chi connectivity index (χ4n) is 4.64. The van der Waals surface area contributed by atoms with E-state index in [1.165, 1.54) is 16.7 Å². The molecule has 0 atom stereocenters. The lowest BCUT2D eigenvalue weighted by molar-refractivity contribution is 0.0999. The van der Waals surface area contributed by atoms with E-state index in [4.69, 9.17) is 5.73 Å². The fraction of sp³-hybridized carbons (Fsp3) is 0.231. The lowest BCUT2D eigenvalue weighted by atomic mass is 9.92. The predicted octanol–water partition coefficient (Wildman–Crippen LogP) is 4.60. The third-order valence-electron chi connectivity index (χ3n) is 6.62. The largest absolute Gasteiger partial charge is 0.366 e. The second-order valence-electron chi connectivity index (χ2n) is 8.57. The number of benzene rings is 2. The molecule has 0 unspecified atom stereocenters. The number of aromatic amines is 1. The van der Waals surface area contributed by atoms with Gasteiger partial charge in [-0.3, -0.25) is 4.79 Å². The zero-order valence-electron chi connectivity index (χ0n) is 18.1. The second-order valence-corrected chi connectivity index (χ2v) is 8.57. The van der Waals surface area contributed by atoms with Crippen molar-refractivity contribution in [3.05, 3.63) is 76.6 Å². The van der Waals surface area contributed by atoms with Gasteiger partial charge in [0.05, 0.1) is 0 Å². The minimum atomic E-state index is -0.395. The SMILES string of the molecule is Cc1c(C(N)=O)ccc(-c2c[nH]c3ncc(-c4ccc5c(c4)CN(C)CC5)cc23)c1C. The minimum Gasteiger partial charge on any atom is -0.366 e. The van der Waals surface area contributed by atoms with E-state index in [0.717, 1.165) is 58.4 Å². The minimum absolute atomic E-state index is 0.395. The molecular weight excluding hydrogens is 384 g/mol. The summed E-state index contributed by atoms with van der Waals surface area (Å²) in [6.45, 7) is 6.08. The highest BCUT2D eigenvalue weighted by Crippen LogP contribution is 2.35. The van der Waals surface area contributed by atoms with Gasteiger partial charge in [-0.25, -0.2) is 4.98 Å². The van der Waals surface area contributed by atoms with Crippen LogP contribution in [0.3, 0.4) is 0 Å². The van der Waals surface area contributed by atoms with E-state index in [0.29, 0.717) is 5.56 Å². The monoisotopic (exact) mass is 410 g/mol. The average molecular weight is 411 g/mol. The summed E-state index contributed by atoms with van der Waals surface area (Å²) >= 11 is 0. The van der Waals surface area contributed by atoms with Crippen molar-refractivity contribution in [3.63, 3.8) is 0 Å². The van der Waals surface area contributed by atoms with E-state index in [9.17, 15) is 4.79 Å². The Morgan fingerprint density at radius 3 is 2.68 bits per heavy atom. The van der Waals surface area contributed by atoms with Crippen LogP contribution in [0.25, 0.3) is 33.3 Å². The van der Waals surface area contributed by atoms with Crippen LogP contribution >= 0.6 is 0 Å². The quantitative estimate of drug-likeness (QED) is 0.518. The van der Waals surface area contributed by atoms with Crippen molar-refractivity contribution in [1.29, 1.82) is 0 Å². The van der Waals surface area contributed by atoms with E-state index in [-0.39, 0.29) is 0 Å².